The molecule has 3 nitrogen and oxygen atoms in total. The number of hydrogen-bond acceptors (Lipinski definition) is 4. The summed E-state index contributed by atoms with van der Waals surface area (Å²) >= 11 is 6.97. The maximum Gasteiger partial charge on any atom is 0.266 e. The number of nitrogens with zero attached hydrogens (tertiary/aromatic N) is 1. The van der Waals surface area contributed by atoms with E-state index in [0.29, 0.717) is 38.1 Å². The fourth-order valence-electron chi connectivity index (χ4n) is 6.42. The van der Waals surface area contributed by atoms with Crippen molar-refractivity contribution in [3.05, 3.63) is 52.6 Å². The van der Waals surface area contributed by atoms with Gasteiger partial charge in [0.1, 0.15) is 15.8 Å². The van der Waals surface area contributed by atoms with Crippen LogP contribution in [0.15, 0.2) is 39.7 Å². The number of hydrogen-bond donors (Lipinski definition) is 0. The van der Waals surface area contributed by atoms with Gasteiger partial charge >= 0.3 is 0 Å². The average Bonchev–Trinajstić information content (AvgIpc) is 3.29. The Morgan fingerprint density at radius 3 is 2.39 bits per heavy atom. The molecule has 2 heterocycles. The molecule has 1 amide bonds. The Labute approximate surface area is 188 Å². The monoisotopic (exact) mass is 457 g/mol. The lowest BCUT2D eigenvalue weighted by molar-refractivity contribution is -0.130. The number of carbonyl (C=O) groups excluding carboxylic acids is 1. The summed E-state index contributed by atoms with van der Waals surface area (Å²) in [6.45, 7) is 0. The van der Waals surface area contributed by atoms with Gasteiger partial charge in [0.2, 0.25) is 0 Å². The largest absolute Gasteiger partial charge is 0.457 e. The lowest BCUT2D eigenvalue weighted by Gasteiger charge is -2.56. The van der Waals surface area contributed by atoms with Crippen molar-refractivity contribution in [1.82, 2.24) is 4.90 Å². The van der Waals surface area contributed by atoms with Gasteiger partial charge in [-0.15, -0.1) is 0 Å². The van der Waals surface area contributed by atoms with Crippen LogP contribution >= 0.6 is 24.0 Å². The Morgan fingerprint density at radius 1 is 1.00 bits per heavy atom. The third-order valence-corrected chi connectivity index (χ3v) is 8.73. The second kappa shape index (κ2) is 7.27. The summed E-state index contributed by atoms with van der Waals surface area (Å²) in [5.41, 5.74) is 0.444. The number of benzene rings is 1. The number of rotatable bonds is 3. The molecule has 0 unspecified atom stereocenters. The minimum atomic E-state index is -0.924. The Bertz CT molecular complexity index is 1100. The first kappa shape index (κ1) is 19.7. The molecule has 7 heteroatoms. The topological polar surface area (TPSA) is 33.5 Å². The predicted molar refractivity (Wildman–Crippen MR) is 120 cm³/mol. The van der Waals surface area contributed by atoms with E-state index in [-0.39, 0.29) is 11.9 Å². The molecule has 0 N–H and O–H groups in total. The van der Waals surface area contributed by atoms with Gasteiger partial charge in [-0.2, -0.15) is 0 Å². The van der Waals surface area contributed by atoms with Crippen molar-refractivity contribution in [2.24, 2.45) is 23.7 Å². The molecule has 1 aromatic heterocycles. The highest BCUT2D eigenvalue weighted by atomic mass is 32.2. The lowest BCUT2D eigenvalue weighted by Crippen LogP contribution is -2.57. The van der Waals surface area contributed by atoms with Gasteiger partial charge in [0, 0.05) is 17.7 Å². The van der Waals surface area contributed by atoms with Crippen LogP contribution in [-0.4, -0.2) is 21.2 Å². The van der Waals surface area contributed by atoms with E-state index in [2.05, 4.69) is 0 Å². The van der Waals surface area contributed by atoms with Crippen molar-refractivity contribution >= 4 is 40.3 Å². The predicted octanol–water partition coefficient (Wildman–Crippen LogP) is 6.25. The number of thiocarbonyl (C=S) groups is 1. The minimum Gasteiger partial charge on any atom is -0.457 e. The van der Waals surface area contributed by atoms with Crippen LogP contribution in [0.1, 0.15) is 37.9 Å². The van der Waals surface area contributed by atoms with Crippen LogP contribution in [0.25, 0.3) is 17.4 Å². The lowest BCUT2D eigenvalue weighted by atomic mass is 9.54. The van der Waals surface area contributed by atoms with Crippen molar-refractivity contribution in [2.45, 2.75) is 38.1 Å². The molecule has 7 rings (SSSR count). The van der Waals surface area contributed by atoms with Crippen LogP contribution in [0.5, 0.6) is 0 Å². The van der Waals surface area contributed by atoms with Crippen molar-refractivity contribution in [3.63, 3.8) is 0 Å². The second-order valence-corrected chi connectivity index (χ2v) is 11.0. The molecule has 4 aliphatic carbocycles. The normalized spacial score (nSPS) is 33.2. The molecule has 0 spiro atoms. The summed E-state index contributed by atoms with van der Waals surface area (Å²) in [7, 11) is 0. The van der Waals surface area contributed by atoms with Crippen LogP contribution < -0.4 is 0 Å². The third kappa shape index (κ3) is 3.28. The van der Waals surface area contributed by atoms with Crippen molar-refractivity contribution in [1.29, 1.82) is 0 Å². The van der Waals surface area contributed by atoms with Gasteiger partial charge in [0.25, 0.3) is 5.91 Å². The van der Waals surface area contributed by atoms with Crippen molar-refractivity contribution in [3.8, 4) is 11.3 Å². The molecule has 1 saturated heterocycles. The van der Waals surface area contributed by atoms with E-state index in [4.69, 9.17) is 16.6 Å². The number of furan rings is 1. The first-order chi connectivity index (χ1) is 15.0. The molecule has 5 fully saturated rings. The Hall–Kier alpha value is -1.99. The molecule has 5 aliphatic rings. The fourth-order valence-corrected chi connectivity index (χ4v) is 7.74. The summed E-state index contributed by atoms with van der Waals surface area (Å²) in [5.74, 6) is 1.88. The number of halogens is 2. The van der Waals surface area contributed by atoms with Gasteiger partial charge in [0.05, 0.1) is 4.91 Å². The minimum absolute atomic E-state index is 0.0294. The SMILES string of the molecule is O=C1C(=Cc2ccc(-c3ccc(F)c(F)c3)o2)SC(=S)N1C1C2CC3CC(C2)CC1C3. The quantitative estimate of drug-likeness (QED) is 0.403. The van der Waals surface area contributed by atoms with Crippen LogP contribution in [-0.2, 0) is 4.79 Å². The van der Waals surface area contributed by atoms with Gasteiger partial charge in [-0.3, -0.25) is 9.69 Å². The smallest absolute Gasteiger partial charge is 0.266 e. The zero-order valence-electron chi connectivity index (χ0n) is 16.7. The summed E-state index contributed by atoms with van der Waals surface area (Å²) < 4.78 is 33.2. The molecule has 4 bridgehead atoms. The van der Waals surface area contributed by atoms with Crippen molar-refractivity contribution < 1.29 is 18.0 Å². The summed E-state index contributed by atoms with van der Waals surface area (Å²) in [6.07, 6.45) is 7.98. The maximum absolute atomic E-state index is 13.5. The first-order valence-electron chi connectivity index (χ1n) is 10.8. The highest BCUT2D eigenvalue weighted by molar-refractivity contribution is 8.26. The second-order valence-electron chi connectivity index (χ2n) is 9.30. The van der Waals surface area contributed by atoms with Crippen molar-refractivity contribution in [2.75, 3.05) is 0 Å². The van der Waals surface area contributed by atoms with Gasteiger partial charge in [-0.05, 0) is 86.1 Å². The molecule has 31 heavy (non-hydrogen) atoms. The van der Waals surface area contributed by atoms with E-state index in [9.17, 15) is 13.6 Å². The van der Waals surface area contributed by atoms with Crippen LogP contribution in [0.4, 0.5) is 8.78 Å². The molecule has 1 aromatic carbocycles. The number of carbonyl (C=O) groups is 1. The Morgan fingerprint density at radius 2 is 1.71 bits per heavy atom. The summed E-state index contributed by atoms with van der Waals surface area (Å²) in [5, 5.41) is 0. The Kier molecular flexibility index (Phi) is 4.62. The van der Waals surface area contributed by atoms with Gasteiger partial charge in [-0.1, -0.05) is 24.0 Å². The molecule has 4 saturated carbocycles. The number of amides is 1. The van der Waals surface area contributed by atoms with E-state index in [0.717, 1.165) is 24.0 Å². The molecule has 0 atom stereocenters. The zero-order chi connectivity index (χ0) is 21.3. The number of thioether (sulfide) groups is 1. The van der Waals surface area contributed by atoms with Crippen LogP contribution in [0.2, 0.25) is 0 Å². The molecule has 0 radical (unpaired) electrons. The average molecular weight is 458 g/mol. The van der Waals surface area contributed by atoms with E-state index in [1.54, 1.807) is 18.2 Å². The van der Waals surface area contributed by atoms with Crippen LogP contribution in [0, 0.1) is 35.3 Å². The van der Waals surface area contributed by atoms with E-state index < -0.39 is 11.6 Å². The summed E-state index contributed by atoms with van der Waals surface area (Å²) in [6, 6.07) is 7.29. The van der Waals surface area contributed by atoms with E-state index >= 15 is 0 Å². The standard InChI is InChI=1S/C24H21F2NO2S2/c25-18-3-1-14(10-19(18)26)20-4-2-17(29-20)11-21-23(28)27(24(30)31-21)22-15-6-12-5-13(8-15)9-16(22)7-12/h1-4,10-13,15-16,22H,5-9H2. The van der Waals surface area contributed by atoms with Gasteiger partial charge in [-0.25, -0.2) is 8.78 Å². The fraction of sp³-hybridized carbons (Fsp3) is 0.417. The summed E-state index contributed by atoms with van der Waals surface area (Å²) in [4.78, 5) is 15.8. The Balaban J connectivity index is 1.25. The molecular weight excluding hydrogens is 436 g/mol. The third-order valence-electron chi connectivity index (χ3n) is 7.40. The highest BCUT2D eigenvalue weighted by Crippen LogP contribution is 2.56. The molecular formula is C24H21F2NO2S2. The van der Waals surface area contributed by atoms with E-state index in [1.165, 1.54) is 49.9 Å². The zero-order valence-corrected chi connectivity index (χ0v) is 18.4. The first-order valence-corrected chi connectivity index (χ1v) is 12.0. The van der Waals surface area contributed by atoms with Gasteiger partial charge in [0.15, 0.2) is 11.6 Å². The maximum atomic E-state index is 13.5. The molecule has 1 aliphatic heterocycles. The molecule has 2 aromatic rings. The molecule has 160 valence electrons. The van der Waals surface area contributed by atoms with E-state index in [1.807, 2.05) is 4.90 Å². The highest BCUT2D eigenvalue weighted by Gasteiger charge is 2.53. The van der Waals surface area contributed by atoms with Crippen LogP contribution in [0.3, 0.4) is 0 Å². The van der Waals surface area contributed by atoms with Gasteiger partial charge < -0.3 is 4.42 Å².